The van der Waals surface area contributed by atoms with E-state index < -0.39 is 0 Å². The molecule has 0 aliphatic carbocycles. The average Bonchev–Trinajstić information content (AvgIpc) is 2.22. The van der Waals surface area contributed by atoms with E-state index in [9.17, 15) is 0 Å². The van der Waals surface area contributed by atoms with Crippen LogP contribution in [0.5, 0.6) is 0 Å². The Bertz CT molecular complexity index is 142. The molecule has 0 saturated heterocycles. The zero-order chi connectivity index (χ0) is 11.0. The highest BCUT2D eigenvalue weighted by molar-refractivity contribution is 4.82. The fraction of sp³-hybridized carbons (Fsp3) is 0.846. The van der Waals surface area contributed by atoms with Gasteiger partial charge in [-0.25, -0.2) is 0 Å². The van der Waals surface area contributed by atoms with Crippen molar-refractivity contribution in [3.63, 3.8) is 0 Å². The minimum absolute atomic E-state index is 0.195. The summed E-state index contributed by atoms with van der Waals surface area (Å²) in [7, 11) is 0. The Kier molecular flexibility index (Phi) is 7.87. The number of rotatable bonds is 8. The average molecular weight is 197 g/mol. The highest BCUT2D eigenvalue weighted by Gasteiger charge is 2.06. The van der Waals surface area contributed by atoms with Crippen LogP contribution < -0.4 is 5.73 Å². The van der Waals surface area contributed by atoms with Gasteiger partial charge in [-0.1, -0.05) is 46.1 Å². The van der Waals surface area contributed by atoms with E-state index in [2.05, 4.69) is 27.4 Å². The molecular weight excluding hydrogens is 170 g/mol. The smallest absolute Gasteiger partial charge is 0.0221 e. The van der Waals surface area contributed by atoms with Crippen molar-refractivity contribution in [3.8, 4) is 0 Å². The molecule has 0 radical (unpaired) electrons. The Labute approximate surface area is 89.8 Å². The molecule has 3 unspecified atom stereocenters. The molecule has 0 aromatic heterocycles. The van der Waals surface area contributed by atoms with Crippen LogP contribution in [0.3, 0.4) is 0 Å². The van der Waals surface area contributed by atoms with E-state index in [0.29, 0.717) is 0 Å². The topological polar surface area (TPSA) is 26.0 Å². The van der Waals surface area contributed by atoms with Gasteiger partial charge in [0.05, 0.1) is 0 Å². The molecule has 0 fully saturated rings. The van der Waals surface area contributed by atoms with Crippen molar-refractivity contribution in [2.24, 2.45) is 17.6 Å². The third kappa shape index (κ3) is 7.14. The summed E-state index contributed by atoms with van der Waals surface area (Å²) in [6, 6.07) is 0.195. The zero-order valence-electron chi connectivity index (χ0n) is 10.1. The zero-order valence-corrected chi connectivity index (χ0v) is 10.1. The second-order valence-corrected chi connectivity index (χ2v) is 4.67. The Morgan fingerprint density at radius 3 is 2.07 bits per heavy atom. The van der Waals surface area contributed by atoms with Crippen LogP contribution in [-0.4, -0.2) is 6.04 Å². The first-order valence-electron chi connectivity index (χ1n) is 5.98. The largest absolute Gasteiger partial charge is 0.324 e. The van der Waals surface area contributed by atoms with Gasteiger partial charge in [0, 0.05) is 6.04 Å². The standard InChI is InChI=1S/C13H27N/c1-5-11(3)7-8-12(4)9-10-13(14)6-2/h6,11-13H,2,5,7-10,14H2,1,3-4H3. The van der Waals surface area contributed by atoms with Gasteiger partial charge in [-0.05, 0) is 24.7 Å². The maximum Gasteiger partial charge on any atom is 0.0221 e. The van der Waals surface area contributed by atoms with Crippen LogP contribution in [0.25, 0.3) is 0 Å². The molecule has 0 aliphatic heterocycles. The molecule has 2 N–H and O–H groups in total. The molecule has 0 aliphatic rings. The molecule has 0 amide bonds. The minimum Gasteiger partial charge on any atom is -0.324 e. The lowest BCUT2D eigenvalue weighted by Crippen LogP contribution is -2.17. The van der Waals surface area contributed by atoms with Gasteiger partial charge in [0.1, 0.15) is 0 Å². The van der Waals surface area contributed by atoms with Gasteiger partial charge in [-0.3, -0.25) is 0 Å². The summed E-state index contributed by atoms with van der Waals surface area (Å²) in [6.07, 6.45) is 8.19. The van der Waals surface area contributed by atoms with Crippen molar-refractivity contribution in [1.29, 1.82) is 0 Å². The highest BCUT2D eigenvalue weighted by atomic mass is 14.6. The van der Waals surface area contributed by atoms with Crippen LogP contribution in [0.1, 0.15) is 52.9 Å². The normalized spacial score (nSPS) is 17.4. The first-order valence-corrected chi connectivity index (χ1v) is 5.98. The molecule has 0 heterocycles. The summed E-state index contributed by atoms with van der Waals surface area (Å²) >= 11 is 0. The van der Waals surface area contributed by atoms with Crippen molar-refractivity contribution in [1.82, 2.24) is 0 Å². The molecule has 3 atom stereocenters. The molecule has 0 saturated carbocycles. The van der Waals surface area contributed by atoms with Crippen LogP contribution >= 0.6 is 0 Å². The number of hydrogen-bond donors (Lipinski definition) is 1. The second-order valence-electron chi connectivity index (χ2n) is 4.67. The molecule has 0 rings (SSSR count). The maximum atomic E-state index is 5.79. The van der Waals surface area contributed by atoms with E-state index in [1.54, 1.807) is 0 Å². The van der Waals surface area contributed by atoms with Crippen molar-refractivity contribution in [2.75, 3.05) is 0 Å². The van der Waals surface area contributed by atoms with E-state index in [1.165, 1.54) is 25.7 Å². The summed E-state index contributed by atoms with van der Waals surface area (Å²) in [6.45, 7) is 10.6. The summed E-state index contributed by atoms with van der Waals surface area (Å²) in [5, 5.41) is 0. The van der Waals surface area contributed by atoms with Crippen LogP contribution in [0.2, 0.25) is 0 Å². The van der Waals surface area contributed by atoms with Crippen LogP contribution in [0, 0.1) is 11.8 Å². The van der Waals surface area contributed by atoms with Crippen LogP contribution in [-0.2, 0) is 0 Å². The highest BCUT2D eigenvalue weighted by Crippen LogP contribution is 2.18. The van der Waals surface area contributed by atoms with E-state index >= 15 is 0 Å². The van der Waals surface area contributed by atoms with E-state index in [1.807, 2.05) is 6.08 Å². The second kappa shape index (κ2) is 8.05. The lowest BCUT2D eigenvalue weighted by Gasteiger charge is -2.15. The predicted octanol–water partition coefficient (Wildman–Crippen LogP) is 3.74. The van der Waals surface area contributed by atoms with Gasteiger partial charge in [-0.15, -0.1) is 6.58 Å². The van der Waals surface area contributed by atoms with Gasteiger partial charge < -0.3 is 5.73 Å². The SMILES string of the molecule is C=CC(N)CCC(C)CCC(C)CC. The molecule has 0 bridgehead atoms. The van der Waals surface area contributed by atoms with Crippen molar-refractivity contribution in [3.05, 3.63) is 12.7 Å². The van der Waals surface area contributed by atoms with Crippen molar-refractivity contribution in [2.45, 2.75) is 58.9 Å². The minimum atomic E-state index is 0.195. The molecule has 0 aromatic carbocycles. The summed E-state index contributed by atoms with van der Waals surface area (Å²) in [4.78, 5) is 0. The van der Waals surface area contributed by atoms with Crippen molar-refractivity contribution >= 4 is 0 Å². The number of nitrogens with two attached hydrogens (primary N) is 1. The van der Waals surface area contributed by atoms with Crippen LogP contribution in [0.4, 0.5) is 0 Å². The third-order valence-electron chi connectivity index (χ3n) is 3.14. The molecular formula is C13H27N. The number of hydrogen-bond acceptors (Lipinski definition) is 1. The summed E-state index contributed by atoms with van der Waals surface area (Å²) < 4.78 is 0. The molecule has 0 aromatic rings. The molecule has 1 nitrogen and oxygen atoms in total. The summed E-state index contributed by atoms with van der Waals surface area (Å²) in [5.74, 6) is 1.69. The molecule has 14 heavy (non-hydrogen) atoms. The summed E-state index contributed by atoms with van der Waals surface area (Å²) in [5.41, 5.74) is 5.79. The Balaban J connectivity index is 3.45. The Morgan fingerprint density at radius 2 is 1.57 bits per heavy atom. The molecule has 84 valence electrons. The van der Waals surface area contributed by atoms with E-state index in [-0.39, 0.29) is 6.04 Å². The lowest BCUT2D eigenvalue weighted by molar-refractivity contribution is 0.394. The van der Waals surface area contributed by atoms with Gasteiger partial charge in [-0.2, -0.15) is 0 Å². The molecule has 1 heteroatoms. The fourth-order valence-corrected chi connectivity index (χ4v) is 1.51. The molecule has 0 spiro atoms. The monoisotopic (exact) mass is 197 g/mol. The van der Waals surface area contributed by atoms with Crippen LogP contribution in [0.15, 0.2) is 12.7 Å². The van der Waals surface area contributed by atoms with Gasteiger partial charge in [0.25, 0.3) is 0 Å². The predicted molar refractivity (Wildman–Crippen MR) is 65.3 cm³/mol. The van der Waals surface area contributed by atoms with Gasteiger partial charge in [0.2, 0.25) is 0 Å². The quantitative estimate of drug-likeness (QED) is 0.589. The first kappa shape index (κ1) is 13.7. The van der Waals surface area contributed by atoms with E-state index in [0.717, 1.165) is 18.3 Å². The van der Waals surface area contributed by atoms with Gasteiger partial charge >= 0.3 is 0 Å². The van der Waals surface area contributed by atoms with E-state index in [4.69, 9.17) is 5.73 Å². The van der Waals surface area contributed by atoms with Gasteiger partial charge in [0.15, 0.2) is 0 Å². The Hall–Kier alpha value is -0.300. The third-order valence-corrected chi connectivity index (χ3v) is 3.14. The lowest BCUT2D eigenvalue weighted by atomic mass is 9.92. The first-order chi connectivity index (χ1) is 6.60. The fourth-order valence-electron chi connectivity index (χ4n) is 1.51. The Morgan fingerprint density at radius 1 is 1.07 bits per heavy atom. The maximum absolute atomic E-state index is 5.79. The van der Waals surface area contributed by atoms with Crippen molar-refractivity contribution < 1.29 is 0 Å².